The molecule has 1 heterocycles. The molecule has 2 N–H and O–H groups in total. The number of sulfonamides is 1. The van der Waals surface area contributed by atoms with Crippen molar-refractivity contribution in [1.82, 2.24) is 4.72 Å². The van der Waals surface area contributed by atoms with E-state index in [-0.39, 0.29) is 16.2 Å². The van der Waals surface area contributed by atoms with Gasteiger partial charge < -0.3 is 10.1 Å². The molecule has 0 spiro atoms. The minimum Gasteiger partial charge on any atom is -0.495 e. The van der Waals surface area contributed by atoms with Crippen LogP contribution in [0.4, 0.5) is 5.69 Å². The number of nitrogens with one attached hydrogen (secondary N) is 2. The highest BCUT2D eigenvalue weighted by Gasteiger charge is 2.27. The summed E-state index contributed by atoms with van der Waals surface area (Å²) in [7, 11) is -0.640. The predicted octanol–water partition coefficient (Wildman–Crippen LogP) is 4.16. The summed E-state index contributed by atoms with van der Waals surface area (Å²) in [6.07, 6.45) is 1.76. The van der Waals surface area contributed by atoms with E-state index < -0.39 is 10.0 Å². The molecule has 1 amide bonds. The molecule has 6 nitrogen and oxygen atoms in total. The van der Waals surface area contributed by atoms with Crippen molar-refractivity contribution >= 4 is 49.2 Å². The van der Waals surface area contributed by atoms with Gasteiger partial charge in [0.2, 0.25) is 10.0 Å². The topological polar surface area (TPSA) is 84.5 Å². The number of methoxy groups -OCH3 is 1. The Morgan fingerprint density at radius 1 is 1.17 bits per heavy atom. The van der Waals surface area contributed by atoms with E-state index in [4.69, 9.17) is 4.74 Å². The van der Waals surface area contributed by atoms with Crippen LogP contribution in [0.15, 0.2) is 39.7 Å². The molecule has 0 bridgehead atoms. The summed E-state index contributed by atoms with van der Waals surface area (Å²) in [5.74, 6) is 0.474. The van der Waals surface area contributed by atoms with E-state index in [1.165, 1.54) is 19.2 Å². The molecule has 0 saturated carbocycles. The lowest BCUT2D eigenvalue weighted by atomic mass is 9.85. The Morgan fingerprint density at radius 3 is 2.45 bits per heavy atom. The molecule has 1 aliphatic rings. The van der Waals surface area contributed by atoms with Gasteiger partial charge in [-0.3, -0.25) is 4.79 Å². The van der Waals surface area contributed by atoms with Crippen LogP contribution in [0, 0.1) is 0 Å². The second kappa shape index (κ2) is 7.59. The van der Waals surface area contributed by atoms with Crippen LogP contribution in [0.3, 0.4) is 0 Å². The molecule has 29 heavy (non-hydrogen) atoms. The van der Waals surface area contributed by atoms with Crippen LogP contribution in [0.25, 0.3) is 11.6 Å². The lowest BCUT2D eigenvalue weighted by Crippen LogP contribution is -2.18. The fourth-order valence-electron chi connectivity index (χ4n) is 3.22. The quantitative estimate of drug-likeness (QED) is 0.646. The van der Waals surface area contributed by atoms with Crippen molar-refractivity contribution in [2.45, 2.75) is 31.1 Å². The van der Waals surface area contributed by atoms with Crippen LogP contribution in [0.2, 0.25) is 0 Å². The molecule has 0 aromatic heterocycles. The first-order chi connectivity index (χ1) is 13.5. The van der Waals surface area contributed by atoms with E-state index in [0.717, 1.165) is 21.3 Å². The van der Waals surface area contributed by atoms with E-state index in [0.29, 0.717) is 16.8 Å². The highest BCUT2D eigenvalue weighted by molar-refractivity contribution is 9.10. The Labute approximate surface area is 179 Å². The first kappa shape index (κ1) is 21.5. The molecule has 1 aliphatic heterocycles. The Morgan fingerprint density at radius 2 is 1.86 bits per heavy atom. The minimum absolute atomic E-state index is 0.104. The van der Waals surface area contributed by atoms with Crippen molar-refractivity contribution in [3.05, 3.63) is 51.5 Å². The molecule has 2 aromatic rings. The van der Waals surface area contributed by atoms with E-state index in [9.17, 15) is 13.2 Å². The van der Waals surface area contributed by atoms with Gasteiger partial charge in [-0.15, -0.1) is 0 Å². The predicted molar refractivity (Wildman–Crippen MR) is 119 cm³/mol. The van der Waals surface area contributed by atoms with Gasteiger partial charge in [0.1, 0.15) is 5.75 Å². The summed E-state index contributed by atoms with van der Waals surface area (Å²) in [4.78, 5) is 12.7. The van der Waals surface area contributed by atoms with Gasteiger partial charge in [0.25, 0.3) is 5.91 Å². The first-order valence-corrected chi connectivity index (χ1v) is 11.2. The lowest BCUT2D eigenvalue weighted by Gasteiger charge is -2.23. The average molecular weight is 479 g/mol. The second-order valence-electron chi connectivity index (χ2n) is 7.76. The molecule has 0 fully saturated rings. The molecule has 3 rings (SSSR count). The number of anilines is 1. The maximum Gasteiger partial charge on any atom is 0.256 e. The summed E-state index contributed by atoms with van der Waals surface area (Å²) in [6.45, 7) is 6.25. The number of fused-ring (bicyclic) bond motifs is 1. The average Bonchev–Trinajstić information content (AvgIpc) is 2.95. The van der Waals surface area contributed by atoms with E-state index in [1.807, 2.05) is 12.1 Å². The van der Waals surface area contributed by atoms with Gasteiger partial charge in [0, 0.05) is 22.4 Å². The molecule has 154 valence electrons. The molecular weight excluding hydrogens is 456 g/mol. The molecule has 8 heteroatoms. The van der Waals surface area contributed by atoms with Gasteiger partial charge in [-0.2, -0.15) is 0 Å². The summed E-state index contributed by atoms with van der Waals surface area (Å²) in [6, 6.07) is 8.43. The van der Waals surface area contributed by atoms with Crippen LogP contribution in [0.5, 0.6) is 5.75 Å². The van der Waals surface area contributed by atoms with Crippen molar-refractivity contribution in [1.29, 1.82) is 0 Å². The highest BCUT2D eigenvalue weighted by atomic mass is 79.9. The molecule has 0 atom stereocenters. The van der Waals surface area contributed by atoms with Crippen LogP contribution in [0.1, 0.15) is 37.5 Å². The summed E-state index contributed by atoms with van der Waals surface area (Å²) in [5.41, 5.74) is 3.17. The maximum atomic E-state index is 12.6. The van der Waals surface area contributed by atoms with Crippen LogP contribution < -0.4 is 14.8 Å². The van der Waals surface area contributed by atoms with E-state index in [2.05, 4.69) is 46.7 Å². The van der Waals surface area contributed by atoms with E-state index >= 15 is 0 Å². The van der Waals surface area contributed by atoms with Gasteiger partial charge in [-0.25, -0.2) is 13.1 Å². The fourth-order valence-corrected chi connectivity index (χ4v) is 4.62. The van der Waals surface area contributed by atoms with Gasteiger partial charge in [-0.05, 0) is 70.4 Å². The van der Waals surface area contributed by atoms with Gasteiger partial charge in [0.15, 0.2) is 0 Å². The van der Waals surface area contributed by atoms with Crippen molar-refractivity contribution < 1.29 is 17.9 Å². The number of amides is 1. The van der Waals surface area contributed by atoms with Crippen molar-refractivity contribution in [2.75, 3.05) is 19.5 Å². The molecule has 0 unspecified atom stereocenters. The minimum atomic E-state index is -3.62. The van der Waals surface area contributed by atoms with Gasteiger partial charge in [0.05, 0.1) is 16.5 Å². The molecule has 0 radical (unpaired) electrons. The SMILES string of the molecule is CNS(=O)(=O)c1ccc2c(c1)C(=Cc1cc(Br)c(OC)c(C(C)(C)C)c1)C(=O)N2. The Bertz CT molecular complexity index is 1130. The summed E-state index contributed by atoms with van der Waals surface area (Å²) < 4.78 is 33.0. The van der Waals surface area contributed by atoms with Crippen molar-refractivity contribution in [3.63, 3.8) is 0 Å². The normalized spacial score (nSPS) is 15.4. The number of hydrogen-bond acceptors (Lipinski definition) is 4. The fraction of sp³-hybridized carbons (Fsp3) is 0.286. The Balaban J connectivity index is 2.17. The molecule has 0 aliphatic carbocycles. The van der Waals surface area contributed by atoms with E-state index in [1.54, 1.807) is 19.3 Å². The zero-order valence-corrected chi connectivity index (χ0v) is 19.3. The Kier molecular flexibility index (Phi) is 5.64. The molecular formula is C21H23BrN2O4S. The largest absolute Gasteiger partial charge is 0.495 e. The third-order valence-electron chi connectivity index (χ3n) is 4.74. The first-order valence-electron chi connectivity index (χ1n) is 8.97. The monoisotopic (exact) mass is 478 g/mol. The van der Waals surface area contributed by atoms with Gasteiger partial charge >= 0.3 is 0 Å². The Hall–Kier alpha value is -2.16. The van der Waals surface area contributed by atoms with Crippen LogP contribution in [-0.4, -0.2) is 28.5 Å². The summed E-state index contributed by atoms with van der Waals surface area (Å²) in [5, 5.41) is 2.79. The highest BCUT2D eigenvalue weighted by Crippen LogP contribution is 2.40. The zero-order chi connectivity index (χ0) is 21.6. The number of benzene rings is 2. The third kappa shape index (κ3) is 4.10. The summed E-state index contributed by atoms with van der Waals surface area (Å²) >= 11 is 3.55. The van der Waals surface area contributed by atoms with Gasteiger partial charge in [-0.1, -0.05) is 20.8 Å². The lowest BCUT2D eigenvalue weighted by molar-refractivity contribution is -0.110. The zero-order valence-electron chi connectivity index (χ0n) is 16.9. The number of hydrogen-bond donors (Lipinski definition) is 2. The maximum absolute atomic E-state index is 12.6. The number of ether oxygens (including phenoxy) is 1. The van der Waals surface area contributed by atoms with Crippen LogP contribution >= 0.6 is 15.9 Å². The number of rotatable bonds is 4. The second-order valence-corrected chi connectivity index (χ2v) is 10.5. The van der Waals surface area contributed by atoms with Crippen LogP contribution in [-0.2, 0) is 20.2 Å². The number of carbonyl (C=O) groups is 1. The third-order valence-corrected chi connectivity index (χ3v) is 6.74. The molecule has 2 aromatic carbocycles. The standard InChI is InChI=1S/C21H23BrN2O4S/c1-21(2,3)16-9-12(10-17(22)19(16)28-5)8-15-14-11-13(29(26,27)23-4)6-7-18(14)24-20(15)25/h6-11,23H,1-5H3,(H,24,25). The van der Waals surface area contributed by atoms with Crippen molar-refractivity contribution in [3.8, 4) is 5.75 Å². The van der Waals surface area contributed by atoms with Crippen molar-refractivity contribution in [2.24, 2.45) is 0 Å². The smallest absolute Gasteiger partial charge is 0.256 e. The number of halogens is 1. The number of carbonyl (C=O) groups excluding carboxylic acids is 1. The molecule has 0 saturated heterocycles.